The molecule has 1 rings (SSSR count). The molecule has 0 amide bonds. The Kier molecular flexibility index (Phi) is 6.81. The molecule has 0 aromatic carbocycles. The van der Waals surface area contributed by atoms with E-state index < -0.39 is 0 Å². The number of aromatic nitrogens is 1. The van der Waals surface area contributed by atoms with Crippen LogP contribution >= 0.6 is 0 Å². The van der Waals surface area contributed by atoms with Crippen LogP contribution in [0.15, 0.2) is 6.07 Å². The Hall–Kier alpha value is -1.13. The number of ether oxygens (including phenoxy) is 1. The second kappa shape index (κ2) is 8.12. The molecule has 4 heteroatoms. The standard InChI is InChI=1S/C15H27N3O/c1-6-7-16-11-14-12(2)10-13(3)17-15(14)19-9-8-18(4)5/h10,16H,6-9,11H2,1-5H3. The summed E-state index contributed by atoms with van der Waals surface area (Å²) in [6.07, 6.45) is 1.13. The van der Waals surface area contributed by atoms with Crippen molar-refractivity contribution in [1.29, 1.82) is 0 Å². The van der Waals surface area contributed by atoms with Crippen LogP contribution in [-0.4, -0.2) is 43.7 Å². The first kappa shape index (κ1) is 15.9. The Labute approximate surface area is 117 Å². The van der Waals surface area contributed by atoms with E-state index in [4.69, 9.17) is 4.74 Å². The van der Waals surface area contributed by atoms with Gasteiger partial charge in [0.1, 0.15) is 6.61 Å². The van der Waals surface area contributed by atoms with Gasteiger partial charge in [-0.15, -0.1) is 0 Å². The molecule has 1 aromatic heterocycles. The zero-order valence-corrected chi connectivity index (χ0v) is 12.9. The smallest absolute Gasteiger partial charge is 0.218 e. The summed E-state index contributed by atoms with van der Waals surface area (Å²) >= 11 is 0. The van der Waals surface area contributed by atoms with Crippen molar-refractivity contribution in [1.82, 2.24) is 15.2 Å². The lowest BCUT2D eigenvalue weighted by Crippen LogP contribution is -2.21. The summed E-state index contributed by atoms with van der Waals surface area (Å²) in [5.74, 6) is 0.781. The highest BCUT2D eigenvalue weighted by atomic mass is 16.5. The summed E-state index contributed by atoms with van der Waals surface area (Å²) in [4.78, 5) is 6.64. The van der Waals surface area contributed by atoms with E-state index in [9.17, 15) is 0 Å². The number of pyridine rings is 1. The van der Waals surface area contributed by atoms with Crippen molar-refractivity contribution in [3.05, 3.63) is 22.9 Å². The molecule has 0 spiro atoms. The maximum absolute atomic E-state index is 5.85. The van der Waals surface area contributed by atoms with Crippen LogP contribution in [0, 0.1) is 13.8 Å². The minimum Gasteiger partial charge on any atom is -0.476 e. The first-order valence-corrected chi connectivity index (χ1v) is 7.00. The highest BCUT2D eigenvalue weighted by Gasteiger charge is 2.10. The highest BCUT2D eigenvalue weighted by molar-refractivity contribution is 5.35. The lowest BCUT2D eigenvalue weighted by atomic mass is 10.1. The van der Waals surface area contributed by atoms with Crippen molar-refractivity contribution in [3.63, 3.8) is 0 Å². The quantitative estimate of drug-likeness (QED) is 0.731. The van der Waals surface area contributed by atoms with Gasteiger partial charge in [-0.1, -0.05) is 6.92 Å². The van der Waals surface area contributed by atoms with Crippen LogP contribution in [0.1, 0.15) is 30.2 Å². The van der Waals surface area contributed by atoms with Crippen LogP contribution in [0.4, 0.5) is 0 Å². The number of aryl methyl sites for hydroxylation is 2. The molecule has 0 unspecified atom stereocenters. The second-order valence-corrected chi connectivity index (χ2v) is 5.19. The van der Waals surface area contributed by atoms with Crippen LogP contribution in [-0.2, 0) is 6.54 Å². The lowest BCUT2D eigenvalue weighted by molar-refractivity contribution is 0.251. The molecule has 1 heterocycles. The Bertz CT molecular complexity index is 391. The van der Waals surface area contributed by atoms with Crippen molar-refractivity contribution in [2.24, 2.45) is 0 Å². The van der Waals surface area contributed by atoms with Gasteiger partial charge >= 0.3 is 0 Å². The van der Waals surface area contributed by atoms with Gasteiger partial charge in [0.2, 0.25) is 5.88 Å². The van der Waals surface area contributed by atoms with Gasteiger partial charge in [0.05, 0.1) is 0 Å². The van der Waals surface area contributed by atoms with Crippen LogP contribution in [0.2, 0.25) is 0 Å². The molecular formula is C15H27N3O. The molecular weight excluding hydrogens is 238 g/mol. The fraction of sp³-hybridized carbons (Fsp3) is 0.667. The summed E-state index contributed by atoms with van der Waals surface area (Å²) in [7, 11) is 4.09. The van der Waals surface area contributed by atoms with Gasteiger partial charge in [0, 0.05) is 24.3 Å². The zero-order valence-electron chi connectivity index (χ0n) is 12.9. The first-order chi connectivity index (χ1) is 9.04. The van der Waals surface area contributed by atoms with Gasteiger partial charge in [-0.25, -0.2) is 4.98 Å². The Morgan fingerprint density at radius 3 is 2.68 bits per heavy atom. The third-order valence-electron chi connectivity index (χ3n) is 2.94. The number of rotatable bonds is 8. The number of nitrogens with zero attached hydrogens (tertiary/aromatic N) is 2. The molecule has 1 aromatic rings. The maximum atomic E-state index is 5.85. The van der Waals surface area contributed by atoms with Gasteiger partial charge in [0.15, 0.2) is 0 Å². The van der Waals surface area contributed by atoms with Crippen molar-refractivity contribution in [2.75, 3.05) is 33.8 Å². The number of likely N-dealkylation sites (N-methyl/N-ethyl adjacent to an activating group) is 1. The maximum Gasteiger partial charge on any atom is 0.218 e. The van der Waals surface area contributed by atoms with E-state index in [0.29, 0.717) is 6.61 Å². The topological polar surface area (TPSA) is 37.4 Å². The van der Waals surface area contributed by atoms with Crippen molar-refractivity contribution in [2.45, 2.75) is 33.7 Å². The lowest BCUT2D eigenvalue weighted by Gasteiger charge is -2.16. The molecule has 1 N–H and O–H groups in total. The fourth-order valence-electron chi connectivity index (χ4n) is 1.88. The van der Waals surface area contributed by atoms with E-state index in [0.717, 1.165) is 37.6 Å². The molecule has 4 nitrogen and oxygen atoms in total. The monoisotopic (exact) mass is 265 g/mol. The molecule has 108 valence electrons. The Balaban J connectivity index is 2.74. The molecule has 0 saturated carbocycles. The molecule has 0 aliphatic heterocycles. The van der Waals surface area contributed by atoms with Gasteiger partial charge < -0.3 is 15.0 Å². The van der Waals surface area contributed by atoms with Crippen LogP contribution in [0.25, 0.3) is 0 Å². The van der Waals surface area contributed by atoms with E-state index >= 15 is 0 Å². The van der Waals surface area contributed by atoms with E-state index in [-0.39, 0.29) is 0 Å². The summed E-state index contributed by atoms with van der Waals surface area (Å²) < 4.78 is 5.85. The fourth-order valence-corrected chi connectivity index (χ4v) is 1.88. The third kappa shape index (κ3) is 5.57. The van der Waals surface area contributed by atoms with Crippen molar-refractivity contribution in [3.8, 4) is 5.88 Å². The number of hydrogen-bond donors (Lipinski definition) is 1. The Morgan fingerprint density at radius 2 is 2.05 bits per heavy atom. The molecule has 0 radical (unpaired) electrons. The summed E-state index contributed by atoms with van der Waals surface area (Å²) in [6.45, 7) is 9.71. The SMILES string of the molecule is CCCNCc1c(C)cc(C)nc1OCCN(C)C. The number of nitrogens with one attached hydrogen (secondary N) is 1. The van der Waals surface area contributed by atoms with Gasteiger partial charge in [0.25, 0.3) is 0 Å². The molecule has 0 saturated heterocycles. The molecule has 0 aliphatic rings. The van der Waals surface area contributed by atoms with E-state index in [2.05, 4.69) is 35.1 Å². The van der Waals surface area contributed by atoms with E-state index in [1.54, 1.807) is 0 Å². The molecule has 0 atom stereocenters. The van der Waals surface area contributed by atoms with Crippen molar-refractivity contribution < 1.29 is 4.74 Å². The molecule has 0 bridgehead atoms. The van der Waals surface area contributed by atoms with Crippen LogP contribution in [0.3, 0.4) is 0 Å². The largest absolute Gasteiger partial charge is 0.476 e. The summed E-state index contributed by atoms with van der Waals surface area (Å²) in [5, 5.41) is 3.42. The predicted molar refractivity (Wildman–Crippen MR) is 79.8 cm³/mol. The third-order valence-corrected chi connectivity index (χ3v) is 2.94. The second-order valence-electron chi connectivity index (χ2n) is 5.19. The summed E-state index contributed by atoms with van der Waals surface area (Å²) in [6, 6.07) is 2.11. The van der Waals surface area contributed by atoms with Crippen LogP contribution < -0.4 is 10.1 Å². The number of hydrogen-bond acceptors (Lipinski definition) is 4. The molecule has 0 fully saturated rings. The predicted octanol–water partition coefficient (Wildman–Crippen LogP) is 2.14. The molecule has 0 aliphatic carbocycles. The first-order valence-electron chi connectivity index (χ1n) is 7.00. The average molecular weight is 265 g/mol. The highest BCUT2D eigenvalue weighted by Crippen LogP contribution is 2.20. The average Bonchev–Trinajstić information content (AvgIpc) is 2.32. The minimum absolute atomic E-state index is 0.670. The van der Waals surface area contributed by atoms with Crippen LogP contribution in [0.5, 0.6) is 5.88 Å². The van der Waals surface area contributed by atoms with Gasteiger partial charge in [-0.3, -0.25) is 0 Å². The van der Waals surface area contributed by atoms with E-state index in [1.165, 1.54) is 11.1 Å². The zero-order chi connectivity index (χ0) is 14.3. The normalized spacial score (nSPS) is 11.1. The van der Waals surface area contributed by atoms with Gasteiger partial charge in [-0.2, -0.15) is 0 Å². The van der Waals surface area contributed by atoms with Gasteiger partial charge in [-0.05, 0) is 52.5 Å². The minimum atomic E-state index is 0.670. The summed E-state index contributed by atoms with van der Waals surface area (Å²) in [5.41, 5.74) is 3.44. The Morgan fingerprint density at radius 1 is 1.32 bits per heavy atom. The molecule has 19 heavy (non-hydrogen) atoms. The van der Waals surface area contributed by atoms with E-state index in [1.807, 2.05) is 21.0 Å². The van der Waals surface area contributed by atoms with Crippen molar-refractivity contribution >= 4 is 0 Å².